The third-order valence-corrected chi connectivity index (χ3v) is 3.22. The zero-order valence-electron chi connectivity index (χ0n) is 13.6. The van der Waals surface area contributed by atoms with E-state index in [1.165, 1.54) is 11.1 Å². The topological polar surface area (TPSA) is 39.7 Å². The van der Waals surface area contributed by atoms with Crippen LogP contribution in [0.5, 0.6) is 0 Å². The zero-order chi connectivity index (χ0) is 15.3. The van der Waals surface area contributed by atoms with Crippen molar-refractivity contribution in [2.45, 2.75) is 26.3 Å². The molecule has 0 saturated carbocycles. The van der Waals surface area contributed by atoms with Crippen LogP contribution in [0.3, 0.4) is 0 Å². The number of likely N-dealkylation sites (N-methyl/N-ethyl adjacent to an activating group) is 1. The Morgan fingerprint density at radius 1 is 1.00 bits per heavy atom. The van der Waals surface area contributed by atoms with Gasteiger partial charge in [0.05, 0.1) is 25.9 Å². The normalized spacial score (nSPS) is 12.5. The molecule has 21 heavy (non-hydrogen) atoms. The van der Waals surface area contributed by atoms with Crippen LogP contribution in [-0.2, 0) is 14.2 Å². The van der Waals surface area contributed by atoms with Gasteiger partial charge < -0.3 is 19.5 Å². The molecule has 1 N–H and O–H groups in total. The molecule has 0 spiro atoms. The Morgan fingerprint density at radius 3 is 2.38 bits per heavy atom. The van der Waals surface area contributed by atoms with E-state index in [0.29, 0.717) is 19.8 Å². The predicted molar refractivity (Wildman–Crippen MR) is 85.7 cm³/mol. The average Bonchev–Trinajstić information content (AvgIpc) is 2.50. The molecule has 0 radical (unpaired) electrons. The minimum atomic E-state index is 0.255. The maximum absolute atomic E-state index is 5.77. The van der Waals surface area contributed by atoms with Gasteiger partial charge >= 0.3 is 0 Å². The molecule has 0 aliphatic carbocycles. The second-order valence-electron chi connectivity index (χ2n) is 5.05. The smallest absolute Gasteiger partial charge is 0.0700 e. The molecule has 0 amide bonds. The fraction of sp³-hybridized carbons (Fsp3) is 0.647. The highest BCUT2D eigenvalue weighted by Gasteiger charge is 2.09. The highest BCUT2D eigenvalue weighted by molar-refractivity contribution is 5.24. The first-order valence-corrected chi connectivity index (χ1v) is 7.72. The van der Waals surface area contributed by atoms with Crippen LogP contribution < -0.4 is 5.32 Å². The molecule has 0 heterocycles. The molecule has 1 rings (SSSR count). The first-order chi connectivity index (χ1) is 10.3. The van der Waals surface area contributed by atoms with Gasteiger partial charge in [0.25, 0.3) is 0 Å². The lowest BCUT2D eigenvalue weighted by Crippen LogP contribution is -2.25. The molecule has 0 aliphatic rings. The number of nitrogens with one attached hydrogen (secondary N) is 1. The first kappa shape index (κ1) is 18.1. The molecule has 1 aromatic rings. The lowest BCUT2D eigenvalue weighted by atomic mass is 10.1. The predicted octanol–water partition coefficient (Wildman–Crippen LogP) is 2.72. The van der Waals surface area contributed by atoms with Gasteiger partial charge in [-0.15, -0.1) is 0 Å². The van der Waals surface area contributed by atoms with Gasteiger partial charge in [-0.05, 0) is 25.5 Å². The van der Waals surface area contributed by atoms with E-state index in [1.54, 1.807) is 7.11 Å². The fourth-order valence-electron chi connectivity index (χ4n) is 2.03. The van der Waals surface area contributed by atoms with Crippen molar-refractivity contribution in [1.29, 1.82) is 0 Å². The van der Waals surface area contributed by atoms with Crippen LogP contribution in [0.4, 0.5) is 0 Å². The number of aryl methyl sites for hydroxylation is 1. The minimum Gasteiger partial charge on any atom is -0.382 e. The van der Waals surface area contributed by atoms with Gasteiger partial charge in [0.1, 0.15) is 0 Å². The van der Waals surface area contributed by atoms with Gasteiger partial charge in [-0.25, -0.2) is 0 Å². The van der Waals surface area contributed by atoms with E-state index in [9.17, 15) is 0 Å². The molecule has 1 unspecified atom stereocenters. The summed E-state index contributed by atoms with van der Waals surface area (Å²) in [4.78, 5) is 0. The number of hydrogen-bond acceptors (Lipinski definition) is 4. The summed E-state index contributed by atoms with van der Waals surface area (Å²) < 4.78 is 16.1. The van der Waals surface area contributed by atoms with Crippen molar-refractivity contribution in [3.8, 4) is 0 Å². The number of rotatable bonds is 12. The third kappa shape index (κ3) is 8.17. The van der Waals surface area contributed by atoms with Gasteiger partial charge in [-0.3, -0.25) is 0 Å². The van der Waals surface area contributed by atoms with Crippen molar-refractivity contribution in [3.63, 3.8) is 0 Å². The third-order valence-electron chi connectivity index (χ3n) is 3.22. The molecule has 0 saturated heterocycles. The second kappa shape index (κ2) is 11.7. The second-order valence-corrected chi connectivity index (χ2v) is 5.05. The lowest BCUT2D eigenvalue weighted by Gasteiger charge is -2.18. The molecule has 1 aromatic carbocycles. The van der Waals surface area contributed by atoms with E-state index in [4.69, 9.17) is 14.2 Å². The van der Waals surface area contributed by atoms with E-state index in [2.05, 4.69) is 43.4 Å². The van der Waals surface area contributed by atoms with Gasteiger partial charge in [-0.2, -0.15) is 0 Å². The molecule has 0 fully saturated rings. The molecule has 0 bridgehead atoms. The van der Waals surface area contributed by atoms with E-state index >= 15 is 0 Å². The van der Waals surface area contributed by atoms with Gasteiger partial charge in [0, 0.05) is 20.3 Å². The standard InChI is InChI=1S/C17H29NO3/c1-4-18-17(16-8-6-15(2)7-9-16)14-21-11-5-10-20-13-12-19-3/h6-9,17-18H,4-5,10-14H2,1-3H3. The SMILES string of the molecule is CCNC(COCCCOCCOC)c1ccc(C)cc1. The monoisotopic (exact) mass is 295 g/mol. The summed E-state index contributed by atoms with van der Waals surface area (Å²) in [5.41, 5.74) is 2.56. The molecule has 1 atom stereocenters. The van der Waals surface area contributed by atoms with Crippen molar-refractivity contribution in [2.24, 2.45) is 0 Å². The summed E-state index contributed by atoms with van der Waals surface area (Å²) in [6, 6.07) is 8.87. The van der Waals surface area contributed by atoms with Crippen molar-refractivity contribution in [3.05, 3.63) is 35.4 Å². The van der Waals surface area contributed by atoms with Crippen LogP contribution in [0.15, 0.2) is 24.3 Å². The van der Waals surface area contributed by atoms with E-state index in [0.717, 1.165) is 26.2 Å². The van der Waals surface area contributed by atoms with Gasteiger partial charge in [0.15, 0.2) is 0 Å². The van der Waals surface area contributed by atoms with E-state index in [1.807, 2.05) is 0 Å². The van der Waals surface area contributed by atoms with Crippen LogP contribution in [0.2, 0.25) is 0 Å². The van der Waals surface area contributed by atoms with Crippen LogP contribution in [0.25, 0.3) is 0 Å². The Hall–Kier alpha value is -0.940. The number of ether oxygens (including phenoxy) is 3. The Bertz CT molecular complexity index is 354. The Kier molecular flexibility index (Phi) is 10.1. The number of hydrogen-bond donors (Lipinski definition) is 1. The number of methoxy groups -OCH3 is 1. The maximum Gasteiger partial charge on any atom is 0.0700 e. The maximum atomic E-state index is 5.77. The zero-order valence-corrected chi connectivity index (χ0v) is 13.6. The van der Waals surface area contributed by atoms with Crippen molar-refractivity contribution >= 4 is 0 Å². The molecular weight excluding hydrogens is 266 g/mol. The molecule has 120 valence electrons. The summed E-state index contributed by atoms with van der Waals surface area (Å²) in [6.07, 6.45) is 0.913. The molecule has 4 heteroatoms. The van der Waals surface area contributed by atoms with Crippen LogP contribution >= 0.6 is 0 Å². The van der Waals surface area contributed by atoms with Crippen molar-refractivity contribution < 1.29 is 14.2 Å². The summed E-state index contributed by atoms with van der Waals surface area (Å²) in [5, 5.41) is 3.46. The summed E-state index contributed by atoms with van der Waals surface area (Å²) in [6.45, 7) is 8.59. The Labute approximate surface area is 128 Å². The van der Waals surface area contributed by atoms with Gasteiger partial charge in [0.2, 0.25) is 0 Å². The summed E-state index contributed by atoms with van der Waals surface area (Å²) in [5.74, 6) is 0. The van der Waals surface area contributed by atoms with Crippen LogP contribution in [0, 0.1) is 6.92 Å². The Morgan fingerprint density at radius 2 is 1.71 bits per heavy atom. The largest absolute Gasteiger partial charge is 0.382 e. The molecule has 4 nitrogen and oxygen atoms in total. The Balaban J connectivity index is 2.21. The van der Waals surface area contributed by atoms with E-state index < -0.39 is 0 Å². The highest BCUT2D eigenvalue weighted by Crippen LogP contribution is 2.14. The fourth-order valence-corrected chi connectivity index (χ4v) is 2.03. The van der Waals surface area contributed by atoms with Crippen molar-refractivity contribution in [2.75, 3.05) is 46.7 Å². The van der Waals surface area contributed by atoms with Gasteiger partial charge in [-0.1, -0.05) is 36.8 Å². The quantitative estimate of drug-likeness (QED) is 0.602. The summed E-state index contributed by atoms with van der Waals surface area (Å²) >= 11 is 0. The minimum absolute atomic E-state index is 0.255. The number of benzene rings is 1. The molecular formula is C17H29NO3. The van der Waals surface area contributed by atoms with Crippen LogP contribution in [0.1, 0.15) is 30.5 Å². The van der Waals surface area contributed by atoms with Crippen LogP contribution in [-0.4, -0.2) is 46.7 Å². The highest BCUT2D eigenvalue weighted by atomic mass is 16.5. The molecule has 0 aromatic heterocycles. The summed E-state index contributed by atoms with van der Waals surface area (Å²) in [7, 11) is 1.68. The molecule has 0 aliphatic heterocycles. The first-order valence-electron chi connectivity index (χ1n) is 7.72. The van der Waals surface area contributed by atoms with E-state index in [-0.39, 0.29) is 6.04 Å². The van der Waals surface area contributed by atoms with Crippen molar-refractivity contribution in [1.82, 2.24) is 5.32 Å². The average molecular weight is 295 g/mol. The lowest BCUT2D eigenvalue weighted by molar-refractivity contribution is 0.0475.